The van der Waals surface area contributed by atoms with E-state index >= 15 is 0 Å². The summed E-state index contributed by atoms with van der Waals surface area (Å²) in [6, 6.07) is 0.713. The number of hydrogen-bond acceptors (Lipinski definition) is 1. The summed E-state index contributed by atoms with van der Waals surface area (Å²) in [4.78, 5) is 0. The molecular weight excluding hydrogens is 170 g/mol. The SMILES string of the molecule is C#CCCNC1CCCC(C)(C)CC1. The summed E-state index contributed by atoms with van der Waals surface area (Å²) >= 11 is 0. The molecule has 1 saturated carbocycles. The van der Waals surface area contributed by atoms with Crippen molar-refractivity contribution in [2.24, 2.45) is 5.41 Å². The molecule has 1 heteroatoms. The molecule has 0 radical (unpaired) electrons. The number of terminal acetylenes is 1. The van der Waals surface area contributed by atoms with Gasteiger partial charge in [-0.3, -0.25) is 0 Å². The summed E-state index contributed by atoms with van der Waals surface area (Å²) in [6.07, 6.45) is 12.8. The van der Waals surface area contributed by atoms with Crippen molar-refractivity contribution in [1.29, 1.82) is 0 Å². The minimum atomic E-state index is 0.558. The largest absolute Gasteiger partial charge is 0.313 e. The van der Waals surface area contributed by atoms with Crippen molar-refractivity contribution >= 4 is 0 Å². The molecule has 1 N–H and O–H groups in total. The average Bonchev–Trinajstić information content (AvgIpc) is 2.28. The molecule has 1 aliphatic carbocycles. The lowest BCUT2D eigenvalue weighted by atomic mass is 9.85. The van der Waals surface area contributed by atoms with E-state index < -0.39 is 0 Å². The molecule has 14 heavy (non-hydrogen) atoms. The van der Waals surface area contributed by atoms with E-state index in [9.17, 15) is 0 Å². The highest BCUT2D eigenvalue weighted by Gasteiger charge is 2.23. The van der Waals surface area contributed by atoms with E-state index in [4.69, 9.17) is 6.42 Å². The lowest BCUT2D eigenvalue weighted by Crippen LogP contribution is -2.29. The summed E-state index contributed by atoms with van der Waals surface area (Å²) in [5.74, 6) is 2.68. The van der Waals surface area contributed by atoms with Crippen LogP contribution in [0.15, 0.2) is 0 Å². The number of nitrogens with one attached hydrogen (secondary N) is 1. The molecule has 0 bridgehead atoms. The van der Waals surface area contributed by atoms with Gasteiger partial charge in [0.2, 0.25) is 0 Å². The first kappa shape index (κ1) is 11.6. The standard InChI is InChI=1S/C13H23N/c1-4-5-11-14-12-7-6-9-13(2,3)10-8-12/h1,12,14H,5-11H2,2-3H3. The highest BCUT2D eigenvalue weighted by molar-refractivity contribution is 4.86. The zero-order chi connectivity index (χ0) is 10.4. The molecule has 1 atom stereocenters. The Morgan fingerprint density at radius 2 is 2.14 bits per heavy atom. The van der Waals surface area contributed by atoms with Crippen molar-refractivity contribution in [2.45, 2.75) is 58.4 Å². The Bertz CT molecular complexity index is 200. The van der Waals surface area contributed by atoms with E-state index in [1.165, 1.54) is 32.1 Å². The first-order valence-electron chi connectivity index (χ1n) is 5.81. The first-order valence-corrected chi connectivity index (χ1v) is 5.81. The fraction of sp³-hybridized carbons (Fsp3) is 0.846. The van der Waals surface area contributed by atoms with Gasteiger partial charge in [-0.2, -0.15) is 0 Å². The molecule has 1 nitrogen and oxygen atoms in total. The van der Waals surface area contributed by atoms with Crippen LogP contribution in [0.25, 0.3) is 0 Å². The summed E-state index contributed by atoms with van der Waals surface area (Å²) in [7, 11) is 0. The Labute approximate surface area is 88.7 Å². The van der Waals surface area contributed by atoms with Crippen molar-refractivity contribution in [3.8, 4) is 12.3 Å². The van der Waals surface area contributed by atoms with Gasteiger partial charge in [-0.15, -0.1) is 12.3 Å². The third-order valence-corrected chi connectivity index (χ3v) is 3.28. The third kappa shape index (κ3) is 4.15. The van der Waals surface area contributed by atoms with Gasteiger partial charge in [0.05, 0.1) is 0 Å². The molecule has 0 amide bonds. The van der Waals surface area contributed by atoms with Gasteiger partial charge in [0, 0.05) is 19.0 Å². The highest BCUT2D eigenvalue weighted by atomic mass is 14.9. The van der Waals surface area contributed by atoms with Crippen LogP contribution in [0, 0.1) is 17.8 Å². The smallest absolute Gasteiger partial charge is 0.0211 e. The Morgan fingerprint density at radius 3 is 2.86 bits per heavy atom. The molecule has 0 aliphatic heterocycles. The summed E-state index contributed by atoms with van der Waals surface area (Å²) in [6.45, 7) is 5.76. The van der Waals surface area contributed by atoms with Gasteiger partial charge in [-0.25, -0.2) is 0 Å². The fourth-order valence-corrected chi connectivity index (χ4v) is 2.21. The quantitative estimate of drug-likeness (QED) is 0.413. The monoisotopic (exact) mass is 193 g/mol. The average molecular weight is 193 g/mol. The van der Waals surface area contributed by atoms with Crippen molar-refractivity contribution in [3.63, 3.8) is 0 Å². The van der Waals surface area contributed by atoms with Crippen LogP contribution in [0.5, 0.6) is 0 Å². The topological polar surface area (TPSA) is 12.0 Å². The first-order chi connectivity index (χ1) is 6.64. The molecule has 1 rings (SSSR count). The van der Waals surface area contributed by atoms with Crippen LogP contribution in [0.4, 0.5) is 0 Å². The van der Waals surface area contributed by atoms with Gasteiger partial charge in [0.25, 0.3) is 0 Å². The lowest BCUT2D eigenvalue weighted by Gasteiger charge is -2.22. The van der Waals surface area contributed by atoms with Crippen molar-refractivity contribution in [1.82, 2.24) is 5.32 Å². The second-order valence-corrected chi connectivity index (χ2v) is 5.20. The second-order valence-electron chi connectivity index (χ2n) is 5.20. The molecule has 0 spiro atoms. The molecule has 1 unspecified atom stereocenters. The molecule has 0 heterocycles. The van der Waals surface area contributed by atoms with Crippen molar-refractivity contribution in [3.05, 3.63) is 0 Å². The van der Waals surface area contributed by atoms with Crippen LogP contribution >= 0.6 is 0 Å². The predicted molar refractivity (Wildman–Crippen MR) is 62.1 cm³/mol. The maximum absolute atomic E-state index is 5.23. The normalized spacial score (nSPS) is 26.5. The van der Waals surface area contributed by atoms with Crippen LogP contribution in [0.3, 0.4) is 0 Å². The van der Waals surface area contributed by atoms with Crippen molar-refractivity contribution < 1.29 is 0 Å². The molecule has 0 aromatic rings. The van der Waals surface area contributed by atoms with Crippen LogP contribution in [-0.2, 0) is 0 Å². The molecule has 0 aromatic carbocycles. The van der Waals surface area contributed by atoms with Crippen molar-refractivity contribution in [2.75, 3.05) is 6.54 Å². The minimum Gasteiger partial charge on any atom is -0.313 e. The zero-order valence-corrected chi connectivity index (χ0v) is 9.60. The molecular formula is C13H23N. The van der Waals surface area contributed by atoms with E-state index in [2.05, 4.69) is 25.1 Å². The number of rotatable bonds is 3. The Balaban J connectivity index is 2.25. The summed E-state index contributed by atoms with van der Waals surface area (Å²) < 4.78 is 0. The van der Waals surface area contributed by atoms with Crippen LogP contribution in [0.1, 0.15) is 52.4 Å². The Hall–Kier alpha value is -0.480. The van der Waals surface area contributed by atoms with Gasteiger partial charge in [-0.1, -0.05) is 20.3 Å². The third-order valence-electron chi connectivity index (χ3n) is 3.28. The van der Waals surface area contributed by atoms with Crippen LogP contribution < -0.4 is 5.32 Å². The Morgan fingerprint density at radius 1 is 1.36 bits per heavy atom. The predicted octanol–water partition coefficient (Wildman–Crippen LogP) is 2.96. The maximum atomic E-state index is 5.23. The zero-order valence-electron chi connectivity index (χ0n) is 9.60. The van der Waals surface area contributed by atoms with Gasteiger partial charge in [-0.05, 0) is 31.1 Å². The van der Waals surface area contributed by atoms with Gasteiger partial charge < -0.3 is 5.32 Å². The van der Waals surface area contributed by atoms with E-state index in [0.717, 1.165) is 13.0 Å². The summed E-state index contributed by atoms with van der Waals surface area (Å²) in [5.41, 5.74) is 0.558. The van der Waals surface area contributed by atoms with E-state index in [-0.39, 0.29) is 0 Å². The van der Waals surface area contributed by atoms with E-state index in [1.807, 2.05) is 0 Å². The highest BCUT2D eigenvalue weighted by Crippen LogP contribution is 2.33. The second kappa shape index (κ2) is 5.41. The lowest BCUT2D eigenvalue weighted by molar-refractivity contribution is 0.310. The molecule has 0 saturated heterocycles. The van der Waals surface area contributed by atoms with Gasteiger partial charge in [0.15, 0.2) is 0 Å². The minimum absolute atomic E-state index is 0.558. The van der Waals surface area contributed by atoms with E-state index in [1.54, 1.807) is 0 Å². The Kier molecular flexibility index (Phi) is 4.48. The fourth-order valence-electron chi connectivity index (χ4n) is 2.21. The van der Waals surface area contributed by atoms with Crippen LogP contribution in [-0.4, -0.2) is 12.6 Å². The molecule has 1 fully saturated rings. The van der Waals surface area contributed by atoms with Gasteiger partial charge in [0.1, 0.15) is 0 Å². The molecule has 1 aliphatic rings. The molecule has 0 aromatic heterocycles. The van der Waals surface area contributed by atoms with Crippen LogP contribution in [0.2, 0.25) is 0 Å². The van der Waals surface area contributed by atoms with Gasteiger partial charge >= 0.3 is 0 Å². The number of hydrogen-bond donors (Lipinski definition) is 1. The molecule has 80 valence electrons. The summed E-state index contributed by atoms with van der Waals surface area (Å²) in [5, 5.41) is 3.56. The van der Waals surface area contributed by atoms with E-state index in [0.29, 0.717) is 11.5 Å². The maximum Gasteiger partial charge on any atom is 0.0211 e.